The molecule has 2 aromatic rings. The second-order valence-corrected chi connectivity index (χ2v) is 3.86. The van der Waals surface area contributed by atoms with Crippen molar-refractivity contribution in [2.75, 3.05) is 0 Å². The van der Waals surface area contributed by atoms with E-state index < -0.39 is 0 Å². The van der Waals surface area contributed by atoms with Gasteiger partial charge in [0.25, 0.3) is 5.91 Å². The molecule has 0 fully saturated rings. The summed E-state index contributed by atoms with van der Waals surface area (Å²) in [6.07, 6.45) is 2.42. The van der Waals surface area contributed by atoms with Crippen molar-refractivity contribution in [2.45, 2.75) is 6.42 Å². The average molecular weight is 213 g/mol. The SMILES string of the molecule is Cn1c2c(c3ccccc31)CC=NNC2=O. The number of aryl methyl sites for hydroxylation is 1. The maximum atomic E-state index is 11.9. The van der Waals surface area contributed by atoms with E-state index in [1.807, 2.05) is 35.9 Å². The standard InChI is InChI=1S/C12H11N3O/c1-15-10-5-3-2-4-8(10)9-6-7-13-14-12(16)11(9)15/h2-5,7H,6H2,1H3,(H,14,16). The van der Waals surface area contributed by atoms with E-state index in [2.05, 4.69) is 10.5 Å². The number of hydrogen-bond acceptors (Lipinski definition) is 2. The zero-order valence-electron chi connectivity index (χ0n) is 8.90. The van der Waals surface area contributed by atoms with Gasteiger partial charge in [-0.2, -0.15) is 5.10 Å². The number of nitrogens with zero attached hydrogens (tertiary/aromatic N) is 2. The summed E-state index contributed by atoms with van der Waals surface area (Å²) in [6.45, 7) is 0. The molecule has 4 heteroatoms. The van der Waals surface area contributed by atoms with Gasteiger partial charge in [-0.15, -0.1) is 0 Å². The van der Waals surface area contributed by atoms with Crippen LogP contribution in [-0.4, -0.2) is 16.7 Å². The maximum Gasteiger partial charge on any atom is 0.288 e. The third-order valence-corrected chi connectivity index (χ3v) is 2.98. The Morgan fingerprint density at radius 1 is 1.38 bits per heavy atom. The van der Waals surface area contributed by atoms with Crippen LogP contribution in [0.5, 0.6) is 0 Å². The van der Waals surface area contributed by atoms with Crippen molar-refractivity contribution in [3.8, 4) is 0 Å². The molecule has 0 bridgehead atoms. The Bertz CT molecular complexity index is 610. The first-order valence-electron chi connectivity index (χ1n) is 5.17. The van der Waals surface area contributed by atoms with E-state index in [-0.39, 0.29) is 5.91 Å². The van der Waals surface area contributed by atoms with Crippen LogP contribution in [0.25, 0.3) is 10.9 Å². The molecule has 16 heavy (non-hydrogen) atoms. The first kappa shape index (κ1) is 9.15. The van der Waals surface area contributed by atoms with E-state index in [9.17, 15) is 4.79 Å². The van der Waals surface area contributed by atoms with Crippen molar-refractivity contribution in [2.24, 2.45) is 12.1 Å². The van der Waals surface area contributed by atoms with Gasteiger partial charge >= 0.3 is 0 Å². The summed E-state index contributed by atoms with van der Waals surface area (Å²) >= 11 is 0. The van der Waals surface area contributed by atoms with Crippen LogP contribution in [0, 0.1) is 0 Å². The Morgan fingerprint density at radius 3 is 3.06 bits per heavy atom. The van der Waals surface area contributed by atoms with E-state index in [1.165, 1.54) is 0 Å². The summed E-state index contributed by atoms with van der Waals surface area (Å²) < 4.78 is 1.93. The Labute approximate surface area is 92.6 Å². The van der Waals surface area contributed by atoms with E-state index >= 15 is 0 Å². The van der Waals surface area contributed by atoms with Crippen molar-refractivity contribution in [1.82, 2.24) is 9.99 Å². The largest absolute Gasteiger partial charge is 0.339 e. The van der Waals surface area contributed by atoms with Crippen molar-refractivity contribution in [1.29, 1.82) is 0 Å². The summed E-state index contributed by atoms with van der Waals surface area (Å²) in [5.74, 6) is -0.137. The highest BCUT2D eigenvalue weighted by molar-refractivity contribution is 6.03. The molecular weight excluding hydrogens is 202 g/mol. The predicted molar refractivity (Wildman–Crippen MR) is 62.6 cm³/mol. The number of hydrogen-bond donors (Lipinski definition) is 1. The van der Waals surface area contributed by atoms with Gasteiger partial charge in [0.1, 0.15) is 5.69 Å². The summed E-state index contributed by atoms with van der Waals surface area (Å²) in [5, 5.41) is 4.98. The van der Waals surface area contributed by atoms with Crippen LogP contribution < -0.4 is 5.43 Å². The minimum atomic E-state index is -0.137. The van der Waals surface area contributed by atoms with Gasteiger partial charge in [-0.3, -0.25) is 4.79 Å². The third kappa shape index (κ3) is 1.10. The number of carbonyl (C=O) groups excluding carboxylic acids is 1. The highest BCUT2D eigenvalue weighted by Crippen LogP contribution is 2.26. The Morgan fingerprint density at radius 2 is 2.19 bits per heavy atom. The van der Waals surface area contributed by atoms with Crippen molar-refractivity contribution < 1.29 is 4.79 Å². The average Bonchev–Trinajstić information content (AvgIpc) is 2.46. The van der Waals surface area contributed by atoms with Gasteiger partial charge in [0.05, 0.1) is 0 Å². The number of amides is 1. The number of hydrazone groups is 1. The molecule has 4 nitrogen and oxygen atoms in total. The summed E-state index contributed by atoms with van der Waals surface area (Å²) in [6, 6.07) is 8.03. The fourth-order valence-corrected chi connectivity index (χ4v) is 2.26. The normalized spacial score (nSPS) is 14.7. The van der Waals surface area contributed by atoms with Gasteiger partial charge in [0, 0.05) is 30.6 Å². The van der Waals surface area contributed by atoms with Crippen molar-refractivity contribution in [3.63, 3.8) is 0 Å². The van der Waals surface area contributed by atoms with Crippen LogP contribution >= 0.6 is 0 Å². The molecule has 0 atom stereocenters. The van der Waals surface area contributed by atoms with E-state index in [0.29, 0.717) is 12.1 Å². The van der Waals surface area contributed by atoms with Crippen LogP contribution in [0.1, 0.15) is 16.1 Å². The minimum Gasteiger partial charge on any atom is -0.339 e. The highest BCUT2D eigenvalue weighted by atomic mass is 16.2. The summed E-state index contributed by atoms with van der Waals surface area (Å²) in [5.41, 5.74) is 5.35. The lowest BCUT2D eigenvalue weighted by molar-refractivity contribution is 0.0947. The lowest BCUT2D eigenvalue weighted by Crippen LogP contribution is -2.19. The Kier molecular flexibility index (Phi) is 1.83. The van der Waals surface area contributed by atoms with Gasteiger partial charge in [0.2, 0.25) is 0 Å². The molecule has 0 spiro atoms. The number of fused-ring (bicyclic) bond motifs is 3. The first-order valence-corrected chi connectivity index (χ1v) is 5.17. The lowest BCUT2D eigenvalue weighted by atomic mass is 10.1. The van der Waals surface area contributed by atoms with Crippen LogP contribution in [-0.2, 0) is 13.5 Å². The molecular formula is C12H11N3O. The molecule has 0 saturated carbocycles. The predicted octanol–water partition coefficient (Wildman–Crippen LogP) is 1.45. The Balaban J connectivity index is 2.43. The molecule has 0 saturated heterocycles. The molecule has 1 aromatic carbocycles. The van der Waals surface area contributed by atoms with Gasteiger partial charge in [-0.05, 0) is 11.6 Å². The fourth-order valence-electron chi connectivity index (χ4n) is 2.26. The second-order valence-electron chi connectivity index (χ2n) is 3.86. The zero-order valence-corrected chi connectivity index (χ0v) is 8.90. The molecule has 3 rings (SSSR count). The molecule has 1 aliphatic heterocycles. The highest BCUT2D eigenvalue weighted by Gasteiger charge is 2.21. The van der Waals surface area contributed by atoms with Crippen LogP contribution in [0.4, 0.5) is 0 Å². The van der Waals surface area contributed by atoms with E-state index in [0.717, 1.165) is 16.5 Å². The number of para-hydroxylation sites is 1. The fraction of sp³-hybridized carbons (Fsp3) is 0.167. The molecule has 2 heterocycles. The topological polar surface area (TPSA) is 46.4 Å². The number of rotatable bonds is 0. The van der Waals surface area contributed by atoms with Gasteiger partial charge in [-0.25, -0.2) is 5.43 Å². The molecule has 0 aliphatic carbocycles. The molecule has 1 aliphatic rings. The minimum absolute atomic E-state index is 0.137. The van der Waals surface area contributed by atoms with Gasteiger partial charge < -0.3 is 4.57 Å². The smallest absolute Gasteiger partial charge is 0.288 e. The van der Waals surface area contributed by atoms with Crippen molar-refractivity contribution in [3.05, 3.63) is 35.5 Å². The molecule has 80 valence electrons. The number of nitrogens with one attached hydrogen (secondary N) is 1. The van der Waals surface area contributed by atoms with Crippen LogP contribution in [0.3, 0.4) is 0 Å². The van der Waals surface area contributed by atoms with Crippen molar-refractivity contribution >= 4 is 23.0 Å². The monoisotopic (exact) mass is 213 g/mol. The molecule has 0 unspecified atom stereocenters. The third-order valence-electron chi connectivity index (χ3n) is 2.98. The molecule has 0 radical (unpaired) electrons. The van der Waals surface area contributed by atoms with Gasteiger partial charge in [-0.1, -0.05) is 18.2 Å². The molecule has 1 N–H and O–H groups in total. The van der Waals surface area contributed by atoms with E-state index in [4.69, 9.17) is 0 Å². The maximum absolute atomic E-state index is 11.9. The number of benzene rings is 1. The summed E-state index contributed by atoms with van der Waals surface area (Å²) in [4.78, 5) is 11.9. The van der Waals surface area contributed by atoms with Crippen LogP contribution in [0.15, 0.2) is 29.4 Å². The lowest BCUT2D eigenvalue weighted by Gasteiger charge is -2.02. The first-order chi connectivity index (χ1) is 7.79. The zero-order chi connectivity index (χ0) is 11.1. The molecule has 1 amide bonds. The number of aromatic nitrogens is 1. The molecule has 1 aromatic heterocycles. The quantitative estimate of drug-likeness (QED) is 0.707. The van der Waals surface area contributed by atoms with Crippen LogP contribution in [0.2, 0.25) is 0 Å². The summed E-state index contributed by atoms with van der Waals surface area (Å²) in [7, 11) is 1.91. The van der Waals surface area contributed by atoms with Gasteiger partial charge in [0.15, 0.2) is 0 Å². The van der Waals surface area contributed by atoms with E-state index in [1.54, 1.807) is 6.21 Å². The number of carbonyl (C=O) groups is 1. The Hall–Kier alpha value is -2.10. The second kappa shape index (κ2) is 3.20.